The van der Waals surface area contributed by atoms with Crippen molar-refractivity contribution in [3.63, 3.8) is 0 Å². The maximum absolute atomic E-state index is 11.3. The van der Waals surface area contributed by atoms with E-state index in [2.05, 4.69) is 0 Å². The number of carbonyl (C=O) groups is 1. The Kier molecular flexibility index (Phi) is 16.7. The van der Waals surface area contributed by atoms with Gasteiger partial charge in [0.2, 0.25) is 0 Å². The van der Waals surface area contributed by atoms with E-state index in [0.29, 0.717) is 25.9 Å². The Labute approximate surface area is 147 Å². The summed E-state index contributed by atoms with van der Waals surface area (Å²) in [5.41, 5.74) is 0. The quantitative estimate of drug-likeness (QED) is 0.278. The van der Waals surface area contributed by atoms with Gasteiger partial charge in [-0.15, -0.1) is 0 Å². The Morgan fingerprint density at radius 3 is 1.88 bits per heavy atom. The molecule has 144 valence electrons. The van der Waals surface area contributed by atoms with Gasteiger partial charge in [0.05, 0.1) is 18.8 Å². The summed E-state index contributed by atoms with van der Waals surface area (Å²) in [5.74, 6) is -0.102. The zero-order valence-corrected chi connectivity index (χ0v) is 15.4. The van der Waals surface area contributed by atoms with Gasteiger partial charge in [-0.25, -0.2) is 0 Å². The van der Waals surface area contributed by atoms with E-state index in [-0.39, 0.29) is 12.6 Å². The highest BCUT2D eigenvalue weighted by molar-refractivity contribution is 5.69. The van der Waals surface area contributed by atoms with Gasteiger partial charge in [0.15, 0.2) is 0 Å². The van der Waals surface area contributed by atoms with Crippen LogP contribution in [0, 0.1) is 0 Å². The number of hydrogen-bond acceptors (Lipinski definition) is 5. The maximum Gasteiger partial charge on any atom is 0.305 e. The molecule has 0 saturated heterocycles. The van der Waals surface area contributed by atoms with Gasteiger partial charge in [-0.1, -0.05) is 51.9 Å². The van der Waals surface area contributed by atoms with Crippen molar-refractivity contribution in [2.24, 2.45) is 0 Å². The Balaban J connectivity index is 3.41. The molecule has 3 N–H and O–H groups in total. The molecule has 2 unspecified atom stereocenters. The second kappa shape index (κ2) is 17.2. The number of aliphatic hydroxyl groups excluding tert-OH is 3. The molecule has 2 atom stereocenters. The second-order valence-corrected chi connectivity index (χ2v) is 6.59. The number of aliphatic hydroxyl groups is 3. The summed E-state index contributed by atoms with van der Waals surface area (Å²) in [6.07, 6.45) is 9.88. The minimum absolute atomic E-state index is 0.102. The molecule has 0 aliphatic heterocycles. The highest BCUT2D eigenvalue weighted by atomic mass is 16.5. The third-order valence-corrected chi connectivity index (χ3v) is 4.20. The number of ether oxygens (including phenoxy) is 1. The van der Waals surface area contributed by atoms with E-state index in [9.17, 15) is 15.0 Å². The number of hydrogen-bond donors (Lipinski definition) is 3. The third-order valence-electron chi connectivity index (χ3n) is 4.20. The second-order valence-electron chi connectivity index (χ2n) is 6.59. The highest BCUT2D eigenvalue weighted by Crippen LogP contribution is 2.14. The largest absolute Gasteiger partial charge is 0.466 e. The Morgan fingerprint density at radius 1 is 0.833 bits per heavy atom. The van der Waals surface area contributed by atoms with E-state index < -0.39 is 12.2 Å². The molecule has 0 heterocycles. The van der Waals surface area contributed by atoms with Crippen LogP contribution in [0.2, 0.25) is 0 Å². The molecular formula is C19H38O5. The van der Waals surface area contributed by atoms with Gasteiger partial charge in [-0.2, -0.15) is 0 Å². The average Bonchev–Trinajstić information content (AvgIpc) is 2.58. The monoisotopic (exact) mass is 346 g/mol. The third kappa shape index (κ3) is 14.9. The molecule has 0 amide bonds. The normalized spacial score (nSPS) is 13.7. The van der Waals surface area contributed by atoms with Crippen molar-refractivity contribution in [3.8, 4) is 0 Å². The van der Waals surface area contributed by atoms with E-state index in [4.69, 9.17) is 9.84 Å². The molecule has 0 aliphatic rings. The highest BCUT2D eigenvalue weighted by Gasteiger charge is 2.15. The van der Waals surface area contributed by atoms with Crippen LogP contribution in [0.4, 0.5) is 0 Å². The van der Waals surface area contributed by atoms with Crippen molar-refractivity contribution in [1.29, 1.82) is 0 Å². The Bertz CT molecular complexity index is 283. The topological polar surface area (TPSA) is 87.0 Å². The van der Waals surface area contributed by atoms with Gasteiger partial charge >= 0.3 is 5.97 Å². The lowest BCUT2D eigenvalue weighted by atomic mass is 10.00. The first-order chi connectivity index (χ1) is 11.6. The average molecular weight is 347 g/mol. The van der Waals surface area contributed by atoms with Crippen molar-refractivity contribution in [2.45, 2.75) is 103 Å². The molecule has 0 saturated carbocycles. The minimum Gasteiger partial charge on any atom is -0.466 e. The molecule has 24 heavy (non-hydrogen) atoms. The summed E-state index contributed by atoms with van der Waals surface area (Å²) in [4.78, 5) is 11.3. The van der Waals surface area contributed by atoms with Gasteiger partial charge in [0, 0.05) is 13.0 Å². The fourth-order valence-corrected chi connectivity index (χ4v) is 2.64. The van der Waals surface area contributed by atoms with Gasteiger partial charge < -0.3 is 20.1 Å². The first kappa shape index (κ1) is 23.4. The first-order valence-corrected chi connectivity index (χ1v) is 9.74. The van der Waals surface area contributed by atoms with Crippen LogP contribution in [0.3, 0.4) is 0 Å². The van der Waals surface area contributed by atoms with E-state index in [1.54, 1.807) is 0 Å². The molecule has 0 aromatic carbocycles. The van der Waals surface area contributed by atoms with E-state index >= 15 is 0 Å². The number of unbranched alkanes of at least 4 members (excludes halogenated alkanes) is 7. The number of rotatable bonds is 17. The molecule has 0 aromatic heterocycles. The van der Waals surface area contributed by atoms with Crippen molar-refractivity contribution in [3.05, 3.63) is 0 Å². The summed E-state index contributed by atoms with van der Waals surface area (Å²) in [6, 6.07) is 0. The Morgan fingerprint density at radius 2 is 1.33 bits per heavy atom. The number of carbonyl (C=O) groups excluding carboxylic acids is 1. The van der Waals surface area contributed by atoms with Crippen molar-refractivity contribution in [1.82, 2.24) is 0 Å². The smallest absolute Gasteiger partial charge is 0.305 e. The van der Waals surface area contributed by atoms with E-state index in [0.717, 1.165) is 64.2 Å². The molecule has 0 aromatic rings. The molecule has 5 heteroatoms. The van der Waals surface area contributed by atoms with Gasteiger partial charge in [0.1, 0.15) is 0 Å². The van der Waals surface area contributed by atoms with Crippen LogP contribution in [0.15, 0.2) is 0 Å². The lowest BCUT2D eigenvalue weighted by Gasteiger charge is -2.17. The minimum atomic E-state index is -0.633. The van der Waals surface area contributed by atoms with Crippen LogP contribution in [0.25, 0.3) is 0 Å². The predicted octanol–water partition coefficient (Wildman–Crippen LogP) is 3.33. The summed E-state index contributed by atoms with van der Waals surface area (Å²) >= 11 is 0. The van der Waals surface area contributed by atoms with Crippen molar-refractivity contribution in [2.75, 3.05) is 13.2 Å². The maximum atomic E-state index is 11.3. The molecule has 0 bridgehead atoms. The lowest BCUT2D eigenvalue weighted by Crippen LogP contribution is -2.25. The van der Waals surface area contributed by atoms with Crippen LogP contribution in [0.1, 0.15) is 90.4 Å². The first-order valence-electron chi connectivity index (χ1n) is 9.74. The molecule has 0 fully saturated rings. The van der Waals surface area contributed by atoms with Crippen LogP contribution in [-0.4, -0.2) is 46.7 Å². The summed E-state index contributed by atoms with van der Waals surface area (Å²) in [5, 5.41) is 28.5. The van der Waals surface area contributed by atoms with Gasteiger partial charge in [0.25, 0.3) is 0 Å². The van der Waals surface area contributed by atoms with Crippen LogP contribution in [-0.2, 0) is 9.53 Å². The van der Waals surface area contributed by atoms with Crippen molar-refractivity contribution >= 4 is 5.97 Å². The van der Waals surface area contributed by atoms with Crippen LogP contribution < -0.4 is 0 Å². The summed E-state index contributed by atoms with van der Waals surface area (Å²) in [6.45, 7) is 2.72. The molecule has 0 rings (SSSR count). The van der Waals surface area contributed by atoms with Gasteiger partial charge in [-0.05, 0) is 32.1 Å². The number of esters is 1. The van der Waals surface area contributed by atoms with Crippen LogP contribution >= 0.6 is 0 Å². The zero-order chi connectivity index (χ0) is 18.0. The standard InChI is InChI=1S/C19H38O5/c1-2-16-24-19(23)14-10-5-3-4-8-12-17(21)18(22)13-9-6-7-11-15-20/h17-18,20-22H,2-16H2,1H3. The summed E-state index contributed by atoms with van der Waals surface area (Å²) < 4.78 is 5.02. The Hall–Kier alpha value is -0.650. The molecule has 0 spiro atoms. The molecular weight excluding hydrogens is 308 g/mol. The van der Waals surface area contributed by atoms with Crippen molar-refractivity contribution < 1.29 is 24.9 Å². The zero-order valence-electron chi connectivity index (χ0n) is 15.4. The van der Waals surface area contributed by atoms with Gasteiger partial charge in [-0.3, -0.25) is 4.79 Å². The summed E-state index contributed by atoms with van der Waals surface area (Å²) in [7, 11) is 0. The SMILES string of the molecule is CCCOC(=O)CCCCCCCC(O)C(O)CCCCCCO. The van der Waals surface area contributed by atoms with E-state index in [1.165, 1.54) is 0 Å². The molecule has 5 nitrogen and oxygen atoms in total. The molecule has 0 aliphatic carbocycles. The molecule has 0 radical (unpaired) electrons. The van der Waals surface area contributed by atoms with Crippen LogP contribution in [0.5, 0.6) is 0 Å². The fourth-order valence-electron chi connectivity index (χ4n) is 2.64. The fraction of sp³-hybridized carbons (Fsp3) is 0.947. The lowest BCUT2D eigenvalue weighted by molar-refractivity contribution is -0.143. The predicted molar refractivity (Wildman–Crippen MR) is 95.8 cm³/mol. The van der Waals surface area contributed by atoms with E-state index in [1.807, 2.05) is 6.92 Å².